The Kier molecular flexibility index (Phi) is 5.01. The van der Waals surface area contributed by atoms with Crippen molar-refractivity contribution in [1.29, 1.82) is 0 Å². The van der Waals surface area contributed by atoms with E-state index in [9.17, 15) is 4.79 Å². The minimum Gasteiger partial charge on any atom is -0.361 e. The van der Waals surface area contributed by atoms with Gasteiger partial charge in [-0.05, 0) is 32.9 Å². The lowest BCUT2D eigenvalue weighted by atomic mass is 10.2. The van der Waals surface area contributed by atoms with Crippen LogP contribution in [0.2, 0.25) is 0 Å². The van der Waals surface area contributed by atoms with E-state index in [-0.39, 0.29) is 11.9 Å². The minimum atomic E-state index is -0.0167. The molecule has 0 bridgehead atoms. The second-order valence-corrected chi connectivity index (χ2v) is 6.05. The molecule has 0 fully saturated rings. The molecule has 0 radical (unpaired) electrons. The van der Waals surface area contributed by atoms with Crippen molar-refractivity contribution >= 4 is 17.7 Å². The zero-order valence-corrected chi connectivity index (χ0v) is 13.5. The van der Waals surface area contributed by atoms with Crippen LogP contribution in [-0.4, -0.2) is 34.0 Å². The number of hydrogen-bond acceptors (Lipinski definition) is 5. The molecule has 2 rings (SSSR count). The van der Waals surface area contributed by atoms with Gasteiger partial charge in [-0.2, -0.15) is 0 Å². The van der Waals surface area contributed by atoms with Crippen LogP contribution in [0.4, 0.5) is 0 Å². The third-order valence-electron chi connectivity index (χ3n) is 3.13. The number of hydrogen-bond donors (Lipinski definition) is 0. The summed E-state index contributed by atoms with van der Waals surface area (Å²) in [6, 6.07) is 5.63. The Balaban J connectivity index is 2.15. The first-order valence-electron chi connectivity index (χ1n) is 6.76. The van der Waals surface area contributed by atoms with Gasteiger partial charge >= 0.3 is 0 Å². The molecule has 0 unspecified atom stereocenters. The maximum Gasteiger partial charge on any atom is 0.256 e. The molecule has 0 aliphatic rings. The van der Waals surface area contributed by atoms with Gasteiger partial charge in [0.25, 0.3) is 5.91 Å². The minimum absolute atomic E-state index is 0.0167. The molecule has 1 amide bonds. The predicted octanol–water partition coefficient (Wildman–Crippen LogP) is 3.15. The van der Waals surface area contributed by atoms with Crippen LogP contribution in [-0.2, 0) is 5.75 Å². The van der Waals surface area contributed by atoms with E-state index in [2.05, 4.69) is 10.1 Å². The molecule has 2 aromatic rings. The molecule has 0 aliphatic heterocycles. The summed E-state index contributed by atoms with van der Waals surface area (Å²) in [5, 5.41) is 4.67. The molecule has 0 atom stereocenters. The molecular formula is C15H19N3O2S. The van der Waals surface area contributed by atoms with Crippen LogP contribution in [0, 0.1) is 6.92 Å². The molecule has 2 aromatic heterocycles. The molecule has 0 aromatic carbocycles. The average molecular weight is 305 g/mol. The molecule has 0 N–H and O–H groups in total. The van der Waals surface area contributed by atoms with Crippen molar-refractivity contribution in [2.75, 3.05) is 7.05 Å². The van der Waals surface area contributed by atoms with Crippen molar-refractivity contribution in [1.82, 2.24) is 15.0 Å². The summed E-state index contributed by atoms with van der Waals surface area (Å²) in [4.78, 5) is 18.5. The Morgan fingerprint density at radius 1 is 1.48 bits per heavy atom. The van der Waals surface area contributed by atoms with Gasteiger partial charge in [-0.3, -0.25) is 4.79 Å². The highest BCUT2D eigenvalue weighted by molar-refractivity contribution is 7.98. The molecule has 0 saturated carbocycles. The maximum atomic E-state index is 12.5. The van der Waals surface area contributed by atoms with E-state index in [1.165, 1.54) is 11.8 Å². The lowest BCUT2D eigenvalue weighted by Crippen LogP contribution is -2.33. The molecule has 21 heavy (non-hydrogen) atoms. The Morgan fingerprint density at radius 3 is 2.86 bits per heavy atom. The SMILES string of the molecule is Cc1cc(CSc2ncccc2C(=O)N(C)C(C)C)no1. The average Bonchev–Trinajstić information content (AvgIpc) is 2.89. The van der Waals surface area contributed by atoms with Crippen LogP contribution in [0.25, 0.3) is 0 Å². The van der Waals surface area contributed by atoms with Gasteiger partial charge in [0.2, 0.25) is 0 Å². The number of carbonyl (C=O) groups excluding carboxylic acids is 1. The summed E-state index contributed by atoms with van der Waals surface area (Å²) in [7, 11) is 1.80. The van der Waals surface area contributed by atoms with Crippen molar-refractivity contribution < 1.29 is 9.32 Å². The summed E-state index contributed by atoms with van der Waals surface area (Å²) in [5.41, 5.74) is 1.47. The van der Waals surface area contributed by atoms with Crippen LogP contribution in [0.15, 0.2) is 33.9 Å². The second kappa shape index (κ2) is 6.76. The van der Waals surface area contributed by atoms with Crippen molar-refractivity contribution in [2.45, 2.75) is 37.6 Å². The van der Waals surface area contributed by atoms with E-state index in [1.54, 1.807) is 24.2 Å². The van der Waals surface area contributed by atoms with E-state index >= 15 is 0 Å². The van der Waals surface area contributed by atoms with Crippen LogP contribution < -0.4 is 0 Å². The Hall–Kier alpha value is -1.82. The van der Waals surface area contributed by atoms with Crippen LogP contribution in [0.3, 0.4) is 0 Å². The van der Waals surface area contributed by atoms with Gasteiger partial charge in [-0.15, -0.1) is 0 Å². The van der Waals surface area contributed by atoms with Gasteiger partial charge in [0, 0.05) is 31.1 Å². The van der Waals surface area contributed by atoms with Gasteiger partial charge in [0.15, 0.2) is 0 Å². The molecular weight excluding hydrogens is 286 g/mol. The molecule has 0 spiro atoms. The summed E-state index contributed by atoms with van der Waals surface area (Å²) < 4.78 is 5.04. The van der Waals surface area contributed by atoms with Crippen LogP contribution >= 0.6 is 11.8 Å². The first kappa shape index (κ1) is 15.6. The zero-order valence-electron chi connectivity index (χ0n) is 12.7. The van der Waals surface area contributed by atoms with Crippen molar-refractivity contribution in [3.63, 3.8) is 0 Å². The lowest BCUT2D eigenvalue weighted by molar-refractivity contribution is 0.0750. The summed E-state index contributed by atoms with van der Waals surface area (Å²) in [6.07, 6.45) is 1.70. The summed E-state index contributed by atoms with van der Waals surface area (Å²) in [6.45, 7) is 5.83. The molecule has 112 valence electrons. The first-order chi connectivity index (χ1) is 9.99. The quantitative estimate of drug-likeness (QED) is 0.794. The van der Waals surface area contributed by atoms with Crippen molar-refractivity contribution in [2.24, 2.45) is 0 Å². The highest BCUT2D eigenvalue weighted by atomic mass is 32.2. The topological polar surface area (TPSA) is 59.2 Å². The van der Waals surface area contributed by atoms with Crippen molar-refractivity contribution in [3.8, 4) is 0 Å². The standard InChI is InChI=1S/C15H19N3O2S/c1-10(2)18(4)15(19)13-6-5-7-16-14(13)21-9-12-8-11(3)20-17-12/h5-8,10H,9H2,1-4H3. The molecule has 2 heterocycles. The monoisotopic (exact) mass is 305 g/mol. The van der Waals surface area contributed by atoms with Gasteiger partial charge < -0.3 is 9.42 Å². The number of carbonyl (C=O) groups is 1. The lowest BCUT2D eigenvalue weighted by Gasteiger charge is -2.22. The third-order valence-corrected chi connectivity index (χ3v) is 4.17. The van der Waals surface area contributed by atoms with E-state index in [0.717, 1.165) is 16.5 Å². The van der Waals surface area contributed by atoms with E-state index in [0.29, 0.717) is 11.3 Å². The predicted molar refractivity (Wildman–Crippen MR) is 82.3 cm³/mol. The van der Waals surface area contributed by atoms with E-state index in [4.69, 9.17) is 4.52 Å². The zero-order chi connectivity index (χ0) is 15.4. The number of amides is 1. The fraction of sp³-hybridized carbons (Fsp3) is 0.400. The fourth-order valence-electron chi connectivity index (χ4n) is 1.72. The normalized spacial score (nSPS) is 10.9. The number of aryl methyl sites for hydroxylation is 1. The number of pyridine rings is 1. The van der Waals surface area contributed by atoms with Gasteiger partial charge in [-0.25, -0.2) is 4.98 Å². The van der Waals surface area contributed by atoms with Gasteiger partial charge in [-0.1, -0.05) is 16.9 Å². The van der Waals surface area contributed by atoms with E-state index < -0.39 is 0 Å². The smallest absolute Gasteiger partial charge is 0.256 e. The van der Waals surface area contributed by atoms with Gasteiger partial charge in [0.1, 0.15) is 10.8 Å². The largest absolute Gasteiger partial charge is 0.361 e. The number of rotatable bonds is 5. The highest BCUT2D eigenvalue weighted by Gasteiger charge is 2.19. The van der Waals surface area contributed by atoms with Crippen LogP contribution in [0.5, 0.6) is 0 Å². The number of nitrogens with zero attached hydrogens (tertiary/aromatic N) is 3. The summed E-state index contributed by atoms with van der Waals surface area (Å²) in [5.74, 6) is 1.39. The molecule has 6 heteroatoms. The second-order valence-electron chi connectivity index (χ2n) is 5.08. The molecule has 0 aliphatic carbocycles. The summed E-state index contributed by atoms with van der Waals surface area (Å²) >= 11 is 1.49. The first-order valence-corrected chi connectivity index (χ1v) is 7.74. The third kappa shape index (κ3) is 3.85. The highest BCUT2D eigenvalue weighted by Crippen LogP contribution is 2.25. The fourth-order valence-corrected chi connectivity index (χ4v) is 2.59. The molecule has 5 nitrogen and oxygen atoms in total. The number of thioether (sulfide) groups is 1. The van der Waals surface area contributed by atoms with Crippen molar-refractivity contribution in [3.05, 3.63) is 41.4 Å². The maximum absolute atomic E-state index is 12.5. The molecule has 0 saturated heterocycles. The Labute approximate surface area is 128 Å². The number of aromatic nitrogens is 2. The Morgan fingerprint density at radius 2 is 2.24 bits per heavy atom. The van der Waals surface area contributed by atoms with Crippen LogP contribution in [0.1, 0.15) is 35.7 Å². The van der Waals surface area contributed by atoms with E-state index in [1.807, 2.05) is 32.9 Å². The van der Waals surface area contributed by atoms with Gasteiger partial charge in [0.05, 0.1) is 11.3 Å². The Bertz CT molecular complexity index is 625.